The molecule has 14 heavy (non-hydrogen) atoms. The maximum absolute atomic E-state index is 5.68. The molecular formula is C8H7ClN4O. The molecule has 0 aliphatic rings. The van der Waals surface area contributed by atoms with E-state index in [1.54, 1.807) is 12.3 Å². The van der Waals surface area contributed by atoms with Gasteiger partial charge in [0.05, 0.1) is 6.20 Å². The van der Waals surface area contributed by atoms with Crippen molar-refractivity contribution in [3.63, 3.8) is 0 Å². The Labute approximate surface area is 84.8 Å². The quantitative estimate of drug-likeness (QED) is 0.617. The molecule has 1 N–H and O–H groups in total. The molecular weight excluding hydrogens is 204 g/mol. The Balaban J connectivity index is 2.49. The largest absolute Gasteiger partial charge is 0.473 e. The van der Waals surface area contributed by atoms with Gasteiger partial charge in [-0.05, 0) is 11.6 Å². The van der Waals surface area contributed by atoms with Crippen LogP contribution < -0.4 is 4.74 Å². The van der Waals surface area contributed by atoms with Crippen molar-refractivity contribution in [2.45, 2.75) is 0 Å². The van der Waals surface area contributed by atoms with Crippen molar-refractivity contribution in [2.24, 2.45) is 0 Å². The van der Waals surface area contributed by atoms with Crippen molar-refractivity contribution in [1.29, 1.82) is 0 Å². The summed E-state index contributed by atoms with van der Waals surface area (Å²) in [6.07, 6.45) is 3.21. The summed E-state index contributed by atoms with van der Waals surface area (Å²) in [6, 6.07) is 0. The molecule has 2 rings (SSSR count). The molecule has 6 heteroatoms. The van der Waals surface area contributed by atoms with Gasteiger partial charge in [0.1, 0.15) is 12.0 Å². The minimum Gasteiger partial charge on any atom is -0.473 e. The molecule has 0 saturated carbocycles. The van der Waals surface area contributed by atoms with Gasteiger partial charge in [0, 0.05) is 0 Å². The first kappa shape index (κ1) is 8.96. The fourth-order valence-electron chi connectivity index (χ4n) is 1.03. The van der Waals surface area contributed by atoms with E-state index in [4.69, 9.17) is 16.3 Å². The number of halogens is 1. The van der Waals surface area contributed by atoms with Crippen LogP contribution in [0.3, 0.4) is 0 Å². The lowest BCUT2D eigenvalue weighted by Gasteiger charge is -2.02. The first-order valence-electron chi connectivity index (χ1n) is 3.91. The van der Waals surface area contributed by atoms with E-state index in [1.165, 1.54) is 0 Å². The SMILES string of the molecule is C=CCOc1nc(Cl)nc2[nH]ncc12. The summed E-state index contributed by atoms with van der Waals surface area (Å²) in [4.78, 5) is 7.87. The average molecular weight is 211 g/mol. The van der Waals surface area contributed by atoms with Crippen LogP contribution >= 0.6 is 11.6 Å². The molecule has 0 spiro atoms. The normalized spacial score (nSPS) is 10.4. The third kappa shape index (κ3) is 1.54. The smallest absolute Gasteiger partial charge is 0.229 e. The zero-order valence-electron chi connectivity index (χ0n) is 7.20. The Bertz CT molecular complexity index is 467. The molecule has 0 atom stereocenters. The monoisotopic (exact) mass is 210 g/mol. The Morgan fingerprint density at radius 3 is 3.21 bits per heavy atom. The number of aromatic amines is 1. The Hall–Kier alpha value is -1.62. The number of hydrogen-bond acceptors (Lipinski definition) is 4. The van der Waals surface area contributed by atoms with Crippen molar-refractivity contribution in [2.75, 3.05) is 6.61 Å². The van der Waals surface area contributed by atoms with Crippen LogP contribution in [0.25, 0.3) is 11.0 Å². The van der Waals surface area contributed by atoms with Gasteiger partial charge in [0.25, 0.3) is 0 Å². The van der Waals surface area contributed by atoms with Crippen LogP contribution in [0.2, 0.25) is 5.28 Å². The highest BCUT2D eigenvalue weighted by atomic mass is 35.5. The number of H-pyrrole nitrogens is 1. The van der Waals surface area contributed by atoms with Crippen molar-refractivity contribution < 1.29 is 4.74 Å². The van der Waals surface area contributed by atoms with Crippen LogP contribution in [0.15, 0.2) is 18.9 Å². The van der Waals surface area contributed by atoms with Crippen molar-refractivity contribution in [3.8, 4) is 5.88 Å². The molecule has 0 aromatic carbocycles. The van der Waals surface area contributed by atoms with Gasteiger partial charge in [0.2, 0.25) is 11.2 Å². The van der Waals surface area contributed by atoms with Crippen LogP contribution in [0, 0.1) is 0 Å². The van der Waals surface area contributed by atoms with E-state index < -0.39 is 0 Å². The molecule has 0 saturated heterocycles. The van der Waals surface area contributed by atoms with Crippen LogP contribution in [0.4, 0.5) is 0 Å². The Morgan fingerprint density at radius 1 is 1.57 bits per heavy atom. The molecule has 0 unspecified atom stereocenters. The van der Waals surface area contributed by atoms with Crippen LogP contribution in [0.1, 0.15) is 0 Å². The summed E-state index contributed by atoms with van der Waals surface area (Å²) in [7, 11) is 0. The minimum absolute atomic E-state index is 0.126. The number of rotatable bonds is 3. The van der Waals surface area contributed by atoms with Gasteiger partial charge >= 0.3 is 0 Å². The molecule has 0 amide bonds. The third-order valence-electron chi connectivity index (χ3n) is 1.59. The number of fused-ring (bicyclic) bond motifs is 1. The molecule has 5 nitrogen and oxygen atoms in total. The summed E-state index contributed by atoms with van der Waals surface area (Å²) < 4.78 is 5.29. The zero-order chi connectivity index (χ0) is 9.97. The number of ether oxygens (including phenoxy) is 1. The Morgan fingerprint density at radius 2 is 2.43 bits per heavy atom. The van der Waals surface area contributed by atoms with Gasteiger partial charge in [-0.25, -0.2) is 0 Å². The maximum Gasteiger partial charge on any atom is 0.229 e. The molecule has 0 aliphatic carbocycles. The van der Waals surface area contributed by atoms with Crippen LogP contribution in [-0.2, 0) is 0 Å². The second-order valence-electron chi connectivity index (χ2n) is 2.53. The number of hydrogen-bond donors (Lipinski definition) is 1. The molecule has 0 radical (unpaired) electrons. The van der Waals surface area contributed by atoms with Gasteiger partial charge in [-0.2, -0.15) is 15.1 Å². The van der Waals surface area contributed by atoms with E-state index in [9.17, 15) is 0 Å². The van der Waals surface area contributed by atoms with Gasteiger partial charge in [-0.15, -0.1) is 0 Å². The van der Waals surface area contributed by atoms with Gasteiger partial charge in [0.15, 0.2) is 5.65 Å². The van der Waals surface area contributed by atoms with Crippen LogP contribution in [-0.4, -0.2) is 26.8 Å². The van der Waals surface area contributed by atoms with E-state index in [-0.39, 0.29) is 5.28 Å². The van der Waals surface area contributed by atoms with Gasteiger partial charge in [-0.3, -0.25) is 5.10 Å². The summed E-state index contributed by atoms with van der Waals surface area (Å²) in [5.41, 5.74) is 0.559. The predicted molar refractivity (Wildman–Crippen MR) is 52.4 cm³/mol. The molecule has 0 fully saturated rings. The summed E-state index contributed by atoms with van der Waals surface area (Å²) >= 11 is 5.68. The maximum atomic E-state index is 5.68. The minimum atomic E-state index is 0.126. The lowest BCUT2D eigenvalue weighted by molar-refractivity contribution is 0.353. The second-order valence-corrected chi connectivity index (χ2v) is 2.87. The molecule has 0 aliphatic heterocycles. The number of aromatic nitrogens is 4. The number of nitrogens with zero attached hydrogens (tertiary/aromatic N) is 3. The third-order valence-corrected chi connectivity index (χ3v) is 1.75. The van der Waals surface area contributed by atoms with Crippen molar-refractivity contribution >= 4 is 22.6 Å². The molecule has 2 aromatic rings. The van der Waals surface area contributed by atoms with Crippen LogP contribution in [0.5, 0.6) is 5.88 Å². The zero-order valence-corrected chi connectivity index (χ0v) is 7.95. The first-order chi connectivity index (χ1) is 6.81. The fourth-order valence-corrected chi connectivity index (χ4v) is 1.19. The standard InChI is InChI=1S/C8H7ClN4O/c1-2-3-14-7-5-4-10-13-6(5)11-8(9)12-7/h2,4H,1,3H2,(H,10,11,12,13). The average Bonchev–Trinajstić information content (AvgIpc) is 2.61. The predicted octanol–water partition coefficient (Wildman–Crippen LogP) is 1.57. The fraction of sp³-hybridized carbons (Fsp3) is 0.125. The van der Waals surface area contributed by atoms with E-state index >= 15 is 0 Å². The van der Waals surface area contributed by atoms with Gasteiger partial charge < -0.3 is 4.74 Å². The topological polar surface area (TPSA) is 63.7 Å². The lowest BCUT2D eigenvalue weighted by atomic mass is 10.4. The van der Waals surface area contributed by atoms with Gasteiger partial charge in [-0.1, -0.05) is 12.7 Å². The van der Waals surface area contributed by atoms with E-state index in [0.717, 1.165) is 0 Å². The van der Waals surface area contributed by atoms with Crippen molar-refractivity contribution in [3.05, 3.63) is 24.1 Å². The highest BCUT2D eigenvalue weighted by Crippen LogP contribution is 2.21. The highest BCUT2D eigenvalue weighted by Gasteiger charge is 2.08. The summed E-state index contributed by atoms with van der Waals surface area (Å²) in [5, 5.41) is 7.34. The Kier molecular flexibility index (Phi) is 2.32. The highest BCUT2D eigenvalue weighted by molar-refractivity contribution is 6.28. The molecule has 0 bridgehead atoms. The lowest BCUT2D eigenvalue weighted by Crippen LogP contribution is -1.97. The summed E-state index contributed by atoms with van der Waals surface area (Å²) in [5.74, 6) is 0.411. The van der Waals surface area contributed by atoms with Crippen molar-refractivity contribution in [1.82, 2.24) is 20.2 Å². The summed E-state index contributed by atoms with van der Waals surface area (Å²) in [6.45, 7) is 3.91. The number of nitrogens with one attached hydrogen (secondary N) is 1. The van der Waals surface area contributed by atoms with E-state index in [2.05, 4.69) is 26.7 Å². The van der Waals surface area contributed by atoms with E-state index in [1.807, 2.05) is 0 Å². The second kappa shape index (κ2) is 3.63. The van der Waals surface area contributed by atoms with E-state index in [0.29, 0.717) is 23.5 Å². The molecule has 2 aromatic heterocycles. The molecule has 72 valence electrons. The molecule has 2 heterocycles. The first-order valence-corrected chi connectivity index (χ1v) is 4.29.